The highest BCUT2D eigenvalue weighted by molar-refractivity contribution is 8.02. The van der Waals surface area contributed by atoms with Crippen LogP contribution in [0.2, 0.25) is 0 Å². The van der Waals surface area contributed by atoms with Crippen LogP contribution in [0.15, 0.2) is 24.3 Å². The quantitative estimate of drug-likeness (QED) is 0.231. The summed E-state index contributed by atoms with van der Waals surface area (Å²) in [6.07, 6.45) is 0. The van der Waals surface area contributed by atoms with E-state index >= 15 is 0 Å². The van der Waals surface area contributed by atoms with Gasteiger partial charge in [0.05, 0.1) is 16.5 Å². The van der Waals surface area contributed by atoms with E-state index in [1.54, 1.807) is 39.3 Å². The Labute approximate surface area is 223 Å². The minimum Gasteiger partial charge on any atom is -0.104 e. The van der Waals surface area contributed by atoms with Crippen LogP contribution in [0.5, 0.6) is 0 Å². The van der Waals surface area contributed by atoms with Gasteiger partial charge in [-0.25, -0.2) is 0 Å². The average Bonchev–Trinajstić information content (AvgIpc) is 2.76. The molecule has 0 radical (unpaired) electrons. The Morgan fingerprint density at radius 3 is 0.857 bits per heavy atom. The van der Waals surface area contributed by atoms with Crippen LogP contribution in [0.25, 0.3) is 0 Å². The van der Waals surface area contributed by atoms with Gasteiger partial charge in [0.15, 0.2) is 0 Å². The molecule has 4 heteroatoms. The molecule has 2 aromatic rings. The summed E-state index contributed by atoms with van der Waals surface area (Å²) in [6.45, 7) is 29.0. The van der Waals surface area contributed by atoms with Crippen molar-refractivity contribution >= 4 is 41.3 Å². The topological polar surface area (TPSA) is 0 Å². The van der Waals surface area contributed by atoms with E-state index < -0.39 is 0 Å². The first-order valence-electron chi connectivity index (χ1n) is 13.2. The van der Waals surface area contributed by atoms with Crippen LogP contribution in [0.4, 0.5) is 0 Å². The summed E-state index contributed by atoms with van der Waals surface area (Å²) in [5, 5.41) is 3.81. The van der Waals surface area contributed by atoms with Crippen molar-refractivity contribution < 1.29 is 0 Å². The van der Waals surface area contributed by atoms with E-state index in [2.05, 4.69) is 107 Å². The molecule has 196 valence electrons. The maximum Gasteiger partial charge on any atom is 0.134 e. The zero-order chi connectivity index (χ0) is 26.8. The highest BCUT2D eigenvalue weighted by atomic mass is 31.2. The smallest absolute Gasteiger partial charge is 0.104 e. The number of rotatable bonds is 10. The molecule has 0 amide bonds. The highest BCUT2D eigenvalue weighted by Crippen LogP contribution is 2.49. The summed E-state index contributed by atoms with van der Waals surface area (Å²) in [7, 11) is -0.0704. The lowest BCUT2D eigenvalue weighted by Crippen LogP contribution is -2.23. The molecule has 2 atom stereocenters. The summed E-state index contributed by atoms with van der Waals surface area (Å²) in [5.41, 5.74) is 10.0. The van der Waals surface area contributed by atoms with Gasteiger partial charge in [-0.1, -0.05) is 107 Å². The van der Waals surface area contributed by atoms with Crippen LogP contribution in [-0.2, 0) is 0 Å². The zero-order valence-corrected chi connectivity index (χ0v) is 25.5. The third-order valence-electron chi connectivity index (χ3n) is 6.80. The van der Waals surface area contributed by atoms with Crippen molar-refractivity contribution in [2.24, 2.45) is 0 Å². The van der Waals surface area contributed by atoms with Gasteiger partial charge in [0.2, 0.25) is 0 Å². The van der Waals surface area contributed by atoms with Crippen molar-refractivity contribution in [2.75, 3.05) is 5.90 Å². The van der Waals surface area contributed by atoms with Gasteiger partial charge >= 0.3 is 0 Å². The van der Waals surface area contributed by atoms with Gasteiger partial charge in [0.25, 0.3) is 0 Å². The Bertz CT molecular complexity index is 852. The van der Waals surface area contributed by atoms with Crippen LogP contribution in [0, 0.1) is 0 Å². The zero-order valence-electron chi connectivity index (χ0n) is 23.5. The molecule has 0 fully saturated rings. The SMILES string of the molecule is [BH3-][PH+](C[PH+]([BH3-])c1c(C(C)C)cc(C(C)C)cc1C(C)C)c1c(C(C)C)cc(C(C)C)cc1C(C)C. The number of hydrogen-bond acceptors (Lipinski definition) is 0. The van der Waals surface area contributed by atoms with Crippen molar-refractivity contribution in [1.82, 2.24) is 0 Å². The summed E-state index contributed by atoms with van der Waals surface area (Å²) in [4.78, 5) is 0. The summed E-state index contributed by atoms with van der Waals surface area (Å²) in [6, 6.07) is 10.5. The lowest BCUT2D eigenvalue weighted by molar-refractivity contribution is 0.813. The first-order valence-corrected chi connectivity index (χ1v) is 15.6. The molecule has 0 aromatic heterocycles. The molecular weight excluding hydrogens is 456 g/mol. The van der Waals surface area contributed by atoms with Gasteiger partial charge in [0, 0.05) is 0 Å². The Kier molecular flexibility index (Phi) is 11.2. The average molecular weight is 512 g/mol. The van der Waals surface area contributed by atoms with E-state index in [1.807, 2.05) is 10.6 Å². The minimum absolute atomic E-state index is 0.321. The Morgan fingerprint density at radius 1 is 0.457 bits per heavy atom. The summed E-state index contributed by atoms with van der Waals surface area (Å²) in [5.74, 6) is 5.41. The van der Waals surface area contributed by atoms with Crippen molar-refractivity contribution in [2.45, 2.75) is 119 Å². The van der Waals surface area contributed by atoms with Gasteiger partial charge in [-0.2, -0.15) is 0 Å². The van der Waals surface area contributed by atoms with Crippen molar-refractivity contribution in [1.29, 1.82) is 0 Å². The second-order valence-corrected chi connectivity index (χ2v) is 14.7. The van der Waals surface area contributed by atoms with Crippen molar-refractivity contribution in [3.8, 4) is 0 Å². The highest BCUT2D eigenvalue weighted by Gasteiger charge is 2.29. The molecule has 0 N–H and O–H groups in total. The minimum atomic E-state index is -0.356. The predicted molar refractivity (Wildman–Crippen MR) is 178 cm³/mol. The molecule has 0 saturated carbocycles. The third-order valence-corrected chi connectivity index (χ3v) is 10.1. The van der Waals surface area contributed by atoms with E-state index in [9.17, 15) is 0 Å². The molecule has 0 spiro atoms. The fourth-order valence-corrected chi connectivity index (χ4v) is 8.57. The van der Waals surface area contributed by atoms with Crippen molar-refractivity contribution in [3.63, 3.8) is 0 Å². The van der Waals surface area contributed by atoms with Crippen LogP contribution in [0.1, 0.15) is 152 Å². The molecule has 0 saturated heterocycles. The van der Waals surface area contributed by atoms with E-state index in [-0.39, 0.29) is 15.6 Å². The monoisotopic (exact) mass is 512 g/mol. The van der Waals surface area contributed by atoms with Crippen LogP contribution in [0.3, 0.4) is 0 Å². The number of benzene rings is 2. The Hall–Kier alpha value is -0.570. The second-order valence-electron chi connectivity index (χ2n) is 11.6. The lowest BCUT2D eigenvalue weighted by atomic mass is 9.89. The largest absolute Gasteiger partial charge is 0.134 e. The van der Waals surface area contributed by atoms with Gasteiger partial charge in [0.1, 0.15) is 15.1 Å². The van der Waals surface area contributed by atoms with Gasteiger partial charge < -0.3 is 0 Å². The van der Waals surface area contributed by atoms with Gasteiger partial charge in [-0.3, -0.25) is 0 Å². The lowest BCUT2D eigenvalue weighted by Gasteiger charge is -2.28. The molecule has 2 rings (SSSR count). The van der Waals surface area contributed by atoms with Crippen molar-refractivity contribution in [3.05, 3.63) is 57.6 Å². The van der Waals surface area contributed by atoms with Crippen LogP contribution in [-0.4, -0.2) is 21.0 Å². The number of hydrogen-bond donors (Lipinski definition) is 0. The predicted octanol–water partition coefficient (Wildman–Crippen LogP) is 7.32. The fraction of sp³-hybridized carbons (Fsp3) is 0.613. The van der Waals surface area contributed by atoms with Gasteiger partial charge in [-0.15, -0.1) is 15.6 Å². The molecule has 35 heavy (non-hydrogen) atoms. The molecule has 0 heterocycles. The molecule has 0 aliphatic carbocycles. The first kappa shape index (κ1) is 30.7. The molecule has 0 nitrogen and oxygen atoms in total. The van der Waals surface area contributed by atoms with E-state index in [4.69, 9.17) is 0 Å². The normalized spacial score (nSPS) is 14.3. The fourth-order valence-electron chi connectivity index (χ4n) is 4.54. The van der Waals surface area contributed by atoms with Crippen LogP contribution < -0.4 is 10.6 Å². The molecule has 2 aromatic carbocycles. The molecule has 2 unspecified atom stereocenters. The molecular formula is C31H56B2P2. The standard InChI is InChI=1S/C31H56B2P2/c1-18(2)24-13-26(20(5)6)30(27(14-24)21(7)8)34(32)17-35(33)31-28(22(9)10)15-25(19(3)4)16-29(31)23(11)12/h13-16,18-23,34-35H,17H2,1-12,32-33H3. The van der Waals surface area contributed by atoms with Crippen LogP contribution >= 0.6 is 15.6 Å². The van der Waals surface area contributed by atoms with E-state index in [1.165, 1.54) is 0 Å². The molecule has 0 aliphatic heterocycles. The van der Waals surface area contributed by atoms with Gasteiger partial charge in [-0.05, 0) is 68.9 Å². The second kappa shape index (κ2) is 12.8. The van der Waals surface area contributed by atoms with E-state index in [0.717, 1.165) is 0 Å². The summed E-state index contributed by atoms with van der Waals surface area (Å²) < 4.78 is 0. The van der Waals surface area contributed by atoms with E-state index in [0.29, 0.717) is 50.6 Å². The first-order chi connectivity index (χ1) is 16.2. The molecule has 0 bridgehead atoms. The maximum absolute atomic E-state index is 2.62. The summed E-state index contributed by atoms with van der Waals surface area (Å²) >= 11 is 0. The Morgan fingerprint density at radius 2 is 0.686 bits per heavy atom. The maximum atomic E-state index is 2.62. The Balaban J connectivity index is 2.64. The third kappa shape index (κ3) is 7.26. The molecule has 0 aliphatic rings.